The summed E-state index contributed by atoms with van der Waals surface area (Å²) in [5, 5.41) is 5.88. The standard InChI is InChI=1S/C22H26FN5OS2.CO2/c1-14(2)30-21-20(27-10-8-26(9-11-27)16(4)29)24-22(31-21)28-13-19(15(3)25-28)17-6-5-7-18(23)12-17;2-1-3/h5-7,12-14H,8-11H2,1-4H3;. The van der Waals surface area contributed by atoms with Gasteiger partial charge in [0.1, 0.15) is 10.0 Å². The molecular formula is C23H26FN5O3S2. The van der Waals surface area contributed by atoms with Crippen molar-refractivity contribution < 1.29 is 18.8 Å². The van der Waals surface area contributed by atoms with Gasteiger partial charge in [0.05, 0.1) is 5.69 Å². The summed E-state index contributed by atoms with van der Waals surface area (Å²) in [5.74, 6) is 0.816. The predicted octanol–water partition coefficient (Wildman–Crippen LogP) is 4.03. The highest BCUT2D eigenvalue weighted by molar-refractivity contribution is 8.01. The zero-order valence-electron chi connectivity index (χ0n) is 19.4. The summed E-state index contributed by atoms with van der Waals surface area (Å²) < 4.78 is 16.7. The van der Waals surface area contributed by atoms with Crippen molar-refractivity contribution in [3.05, 3.63) is 42.0 Å². The maximum atomic E-state index is 13.7. The van der Waals surface area contributed by atoms with Gasteiger partial charge in [-0.3, -0.25) is 4.79 Å². The van der Waals surface area contributed by atoms with E-state index in [0.717, 1.165) is 45.1 Å². The number of thiazole rings is 1. The second kappa shape index (κ2) is 11.4. The Morgan fingerprint density at radius 1 is 1.21 bits per heavy atom. The fourth-order valence-corrected chi connectivity index (χ4v) is 6.06. The molecule has 0 spiro atoms. The van der Waals surface area contributed by atoms with Crippen molar-refractivity contribution in [3.8, 4) is 16.3 Å². The lowest BCUT2D eigenvalue weighted by molar-refractivity contribution is -0.191. The second-order valence-electron chi connectivity index (χ2n) is 7.93. The third kappa shape index (κ3) is 6.11. The molecule has 8 nitrogen and oxygen atoms in total. The van der Waals surface area contributed by atoms with Crippen molar-refractivity contribution in [1.82, 2.24) is 19.7 Å². The topological polar surface area (TPSA) is 88.4 Å². The number of anilines is 1. The molecule has 0 aliphatic carbocycles. The van der Waals surface area contributed by atoms with E-state index in [1.165, 1.54) is 12.1 Å². The molecule has 0 atom stereocenters. The molecule has 1 aliphatic heterocycles. The monoisotopic (exact) mass is 503 g/mol. The quantitative estimate of drug-likeness (QED) is 0.486. The van der Waals surface area contributed by atoms with Crippen LogP contribution >= 0.6 is 23.1 Å². The number of piperazine rings is 1. The highest BCUT2D eigenvalue weighted by Crippen LogP contribution is 2.40. The van der Waals surface area contributed by atoms with Gasteiger partial charge in [0.15, 0.2) is 5.82 Å². The Balaban J connectivity index is 0.00000103. The van der Waals surface area contributed by atoms with Gasteiger partial charge in [-0.15, -0.1) is 11.8 Å². The van der Waals surface area contributed by atoms with Crippen LogP contribution in [0.2, 0.25) is 0 Å². The Bertz CT molecular complexity index is 1180. The first-order valence-corrected chi connectivity index (χ1v) is 12.4. The van der Waals surface area contributed by atoms with Crippen LogP contribution in [0.15, 0.2) is 34.7 Å². The van der Waals surface area contributed by atoms with E-state index in [9.17, 15) is 9.18 Å². The van der Waals surface area contributed by atoms with E-state index >= 15 is 0 Å². The average molecular weight is 504 g/mol. The lowest BCUT2D eigenvalue weighted by Crippen LogP contribution is -2.48. The van der Waals surface area contributed by atoms with Gasteiger partial charge in [0, 0.05) is 50.1 Å². The number of nitrogens with zero attached hydrogens (tertiary/aromatic N) is 5. The summed E-state index contributed by atoms with van der Waals surface area (Å²) in [6.07, 6.45) is 2.17. The zero-order valence-corrected chi connectivity index (χ0v) is 21.1. The molecule has 34 heavy (non-hydrogen) atoms. The van der Waals surface area contributed by atoms with Crippen LogP contribution in [-0.4, -0.2) is 63.2 Å². The SMILES string of the molecule is CC(=O)N1CCN(c2nc(-n3cc(-c4cccc(F)c4)c(C)n3)sc2SC(C)C)CC1.O=C=O. The number of carbonyl (C=O) groups excluding carboxylic acids is 3. The molecule has 3 aromatic rings. The molecule has 1 amide bonds. The highest BCUT2D eigenvalue weighted by atomic mass is 32.2. The second-order valence-corrected chi connectivity index (χ2v) is 10.8. The van der Waals surface area contributed by atoms with E-state index < -0.39 is 0 Å². The molecule has 1 fully saturated rings. The number of amides is 1. The zero-order chi connectivity index (χ0) is 24.8. The van der Waals surface area contributed by atoms with E-state index in [1.54, 1.807) is 40.8 Å². The Kier molecular flexibility index (Phi) is 8.60. The fraction of sp³-hybridized carbons (Fsp3) is 0.391. The first kappa shape index (κ1) is 25.6. The fourth-order valence-electron chi connectivity index (χ4n) is 3.61. The van der Waals surface area contributed by atoms with Gasteiger partial charge in [0.2, 0.25) is 11.0 Å². The van der Waals surface area contributed by atoms with Gasteiger partial charge < -0.3 is 9.80 Å². The minimum Gasteiger partial charge on any atom is -0.351 e. The third-order valence-electron chi connectivity index (χ3n) is 5.17. The summed E-state index contributed by atoms with van der Waals surface area (Å²) in [4.78, 5) is 37.0. The molecular weight excluding hydrogens is 477 g/mol. The highest BCUT2D eigenvalue weighted by Gasteiger charge is 2.25. The average Bonchev–Trinajstić information content (AvgIpc) is 3.37. The summed E-state index contributed by atoms with van der Waals surface area (Å²) in [7, 11) is 0. The molecule has 1 aliphatic rings. The largest absolute Gasteiger partial charge is 0.373 e. The minimum absolute atomic E-state index is 0.118. The van der Waals surface area contributed by atoms with Gasteiger partial charge >= 0.3 is 6.15 Å². The first-order valence-electron chi connectivity index (χ1n) is 10.7. The molecule has 0 unspecified atom stereocenters. The molecule has 0 saturated carbocycles. The van der Waals surface area contributed by atoms with Crippen molar-refractivity contribution in [2.24, 2.45) is 0 Å². The first-order chi connectivity index (χ1) is 16.2. The number of hydrogen-bond donors (Lipinski definition) is 0. The van der Waals surface area contributed by atoms with Crippen LogP contribution in [0.25, 0.3) is 16.3 Å². The van der Waals surface area contributed by atoms with E-state index in [4.69, 9.17) is 14.6 Å². The molecule has 3 heterocycles. The van der Waals surface area contributed by atoms with Crippen LogP contribution in [-0.2, 0) is 14.4 Å². The molecule has 1 aromatic carbocycles. The number of thioether (sulfide) groups is 1. The van der Waals surface area contributed by atoms with Crippen LogP contribution in [0.5, 0.6) is 0 Å². The van der Waals surface area contributed by atoms with Crippen LogP contribution in [0.1, 0.15) is 26.5 Å². The molecule has 180 valence electrons. The lowest BCUT2D eigenvalue weighted by Gasteiger charge is -2.34. The maximum absolute atomic E-state index is 13.7. The molecule has 1 saturated heterocycles. The number of halogens is 1. The van der Waals surface area contributed by atoms with Gasteiger partial charge in [-0.2, -0.15) is 19.7 Å². The van der Waals surface area contributed by atoms with Crippen LogP contribution < -0.4 is 4.90 Å². The van der Waals surface area contributed by atoms with Gasteiger partial charge in [-0.25, -0.2) is 9.07 Å². The van der Waals surface area contributed by atoms with Crippen molar-refractivity contribution in [2.75, 3.05) is 31.1 Å². The van der Waals surface area contributed by atoms with Gasteiger partial charge in [-0.1, -0.05) is 37.3 Å². The summed E-state index contributed by atoms with van der Waals surface area (Å²) in [6, 6.07) is 6.56. The number of rotatable bonds is 5. The molecule has 4 rings (SSSR count). The Morgan fingerprint density at radius 3 is 2.47 bits per heavy atom. The summed E-state index contributed by atoms with van der Waals surface area (Å²) >= 11 is 3.41. The molecule has 0 radical (unpaired) electrons. The van der Waals surface area contributed by atoms with E-state index in [0.29, 0.717) is 18.3 Å². The normalized spacial score (nSPS) is 13.5. The number of carbonyl (C=O) groups is 1. The number of aryl methyl sites for hydroxylation is 1. The van der Waals surface area contributed by atoms with E-state index in [1.807, 2.05) is 24.1 Å². The molecule has 0 bridgehead atoms. The summed E-state index contributed by atoms with van der Waals surface area (Å²) in [5.41, 5.74) is 2.53. The van der Waals surface area contributed by atoms with Crippen LogP contribution in [0, 0.1) is 12.7 Å². The summed E-state index contributed by atoms with van der Waals surface area (Å²) in [6.45, 7) is 10.8. The molecule has 0 N–H and O–H groups in total. The minimum atomic E-state index is -0.262. The Labute approximate surface area is 205 Å². The van der Waals surface area contributed by atoms with E-state index in [-0.39, 0.29) is 17.9 Å². The predicted molar refractivity (Wildman–Crippen MR) is 130 cm³/mol. The maximum Gasteiger partial charge on any atom is 0.373 e. The van der Waals surface area contributed by atoms with Crippen molar-refractivity contribution >= 4 is 41.0 Å². The van der Waals surface area contributed by atoms with Gasteiger partial charge in [-0.05, 0) is 24.6 Å². The number of aromatic nitrogens is 3. The molecule has 2 aromatic heterocycles. The molecule has 11 heteroatoms. The van der Waals surface area contributed by atoms with E-state index in [2.05, 4.69) is 23.8 Å². The third-order valence-corrected chi connectivity index (χ3v) is 7.40. The smallest absolute Gasteiger partial charge is 0.351 e. The number of benzene rings is 1. The Hall–Kier alpha value is -3.01. The lowest BCUT2D eigenvalue weighted by atomic mass is 10.1. The number of hydrogen-bond acceptors (Lipinski definition) is 8. The van der Waals surface area contributed by atoms with Crippen LogP contribution in [0.3, 0.4) is 0 Å². The van der Waals surface area contributed by atoms with Gasteiger partial charge in [0.25, 0.3) is 0 Å². The van der Waals surface area contributed by atoms with Crippen molar-refractivity contribution in [1.29, 1.82) is 0 Å². The van der Waals surface area contributed by atoms with Crippen LogP contribution in [0.4, 0.5) is 10.2 Å². The van der Waals surface area contributed by atoms with Crippen molar-refractivity contribution in [3.63, 3.8) is 0 Å². The Morgan fingerprint density at radius 2 is 1.88 bits per heavy atom. The van der Waals surface area contributed by atoms with Crippen molar-refractivity contribution in [2.45, 2.75) is 37.2 Å².